The molecular weight excluding hydrogens is 526 g/mol. The van der Waals surface area contributed by atoms with Crippen LogP contribution in [0.15, 0.2) is 79.3 Å². The number of nitrogens with one attached hydrogen (secondary N) is 2. The van der Waals surface area contributed by atoms with Gasteiger partial charge in [-0.3, -0.25) is 4.79 Å². The third-order valence-electron chi connectivity index (χ3n) is 8.24. The number of morpholine rings is 1. The Kier molecular flexibility index (Phi) is 7.01. The molecule has 9 nitrogen and oxygen atoms in total. The second kappa shape index (κ2) is 11.3. The quantitative estimate of drug-likeness (QED) is 0.265. The van der Waals surface area contributed by atoms with Gasteiger partial charge in [0.1, 0.15) is 18.0 Å². The lowest BCUT2D eigenvalue weighted by Gasteiger charge is -2.28. The van der Waals surface area contributed by atoms with Gasteiger partial charge in [0.05, 0.1) is 36.7 Å². The Morgan fingerprint density at radius 1 is 0.905 bits per heavy atom. The summed E-state index contributed by atoms with van der Waals surface area (Å²) in [6, 6.07) is 23.2. The lowest BCUT2D eigenvalue weighted by atomic mass is 10.0. The summed E-state index contributed by atoms with van der Waals surface area (Å²) in [6.45, 7) is 5.78. The lowest BCUT2D eigenvalue weighted by molar-refractivity contribution is -0.129. The first-order valence-corrected chi connectivity index (χ1v) is 14.5. The molecule has 1 atom stereocenters. The van der Waals surface area contributed by atoms with Gasteiger partial charge in [0.25, 0.3) is 0 Å². The van der Waals surface area contributed by atoms with E-state index in [-0.39, 0.29) is 11.9 Å². The Bertz CT molecular complexity index is 1710. The number of carbonyl (C=O) groups is 1. The number of H-pyrrole nitrogens is 1. The molecule has 9 heteroatoms. The average Bonchev–Trinajstić information content (AvgIpc) is 3.73. The number of amides is 1. The molecule has 0 radical (unpaired) electrons. The summed E-state index contributed by atoms with van der Waals surface area (Å²) in [5, 5.41) is 4.45. The standard InChI is InChI=1S/C33H33N7O2/c1-22(41)40-14-2-3-31(40)33-34-20-30(38-33)24-6-4-23(5-7-24)25-8-13-29-28(19-25)32(36-21-35-29)37-26-9-11-27(12-10-26)39-15-17-42-18-16-39/h4-13,19-21,31H,2-3,14-18H2,1H3,(H,34,38)(H,35,36,37)/t31-/m0/s1. The Morgan fingerprint density at radius 2 is 1.67 bits per heavy atom. The SMILES string of the molecule is CC(=O)N1CCC[C@H]1c1ncc(-c2ccc(-c3ccc4ncnc(Nc5ccc(N6CCOCC6)cc5)c4c3)cc2)[nH]1. The summed E-state index contributed by atoms with van der Waals surface area (Å²) in [7, 11) is 0. The first-order valence-electron chi connectivity index (χ1n) is 14.5. The summed E-state index contributed by atoms with van der Waals surface area (Å²) in [4.78, 5) is 33.4. The minimum atomic E-state index is 0.0286. The zero-order valence-electron chi connectivity index (χ0n) is 23.6. The molecule has 0 spiro atoms. The number of fused-ring (bicyclic) bond motifs is 1. The van der Waals surface area contributed by atoms with Crippen molar-refractivity contribution in [2.45, 2.75) is 25.8 Å². The molecule has 2 fully saturated rings. The van der Waals surface area contributed by atoms with Crippen molar-refractivity contribution >= 4 is 34.0 Å². The summed E-state index contributed by atoms with van der Waals surface area (Å²) in [5.41, 5.74) is 7.25. The van der Waals surface area contributed by atoms with E-state index in [1.165, 1.54) is 5.69 Å². The molecule has 5 aromatic rings. The van der Waals surface area contributed by atoms with Crippen molar-refractivity contribution in [3.63, 3.8) is 0 Å². The molecule has 0 bridgehead atoms. The monoisotopic (exact) mass is 559 g/mol. The Hall–Kier alpha value is -4.76. The van der Waals surface area contributed by atoms with Crippen molar-refractivity contribution in [3.8, 4) is 22.4 Å². The number of hydrogen-bond acceptors (Lipinski definition) is 7. The number of nitrogens with zero attached hydrogens (tertiary/aromatic N) is 5. The molecule has 2 aliphatic heterocycles. The van der Waals surface area contributed by atoms with Crippen molar-refractivity contribution in [3.05, 3.63) is 85.1 Å². The number of likely N-dealkylation sites (tertiary alicyclic amines) is 1. The van der Waals surface area contributed by atoms with Crippen LogP contribution in [0.25, 0.3) is 33.3 Å². The van der Waals surface area contributed by atoms with E-state index in [0.717, 1.165) is 96.3 Å². The largest absolute Gasteiger partial charge is 0.378 e. The number of anilines is 3. The summed E-state index contributed by atoms with van der Waals surface area (Å²) < 4.78 is 5.48. The highest BCUT2D eigenvalue weighted by Gasteiger charge is 2.30. The number of hydrogen-bond donors (Lipinski definition) is 2. The molecule has 42 heavy (non-hydrogen) atoms. The predicted octanol–water partition coefficient (Wildman–Crippen LogP) is 5.95. The third kappa shape index (κ3) is 5.19. The van der Waals surface area contributed by atoms with E-state index < -0.39 is 0 Å². The van der Waals surface area contributed by atoms with Crippen molar-refractivity contribution < 1.29 is 9.53 Å². The van der Waals surface area contributed by atoms with E-state index in [0.29, 0.717) is 0 Å². The van der Waals surface area contributed by atoms with Gasteiger partial charge in [-0.05, 0) is 65.9 Å². The minimum Gasteiger partial charge on any atom is -0.378 e. The third-order valence-corrected chi connectivity index (χ3v) is 8.24. The molecule has 1 amide bonds. The van der Waals surface area contributed by atoms with Crippen LogP contribution in [0.5, 0.6) is 0 Å². The molecular formula is C33H33N7O2. The maximum atomic E-state index is 12.0. The molecule has 7 rings (SSSR count). The summed E-state index contributed by atoms with van der Waals surface area (Å²) in [6.07, 6.45) is 5.40. The molecule has 2 N–H and O–H groups in total. The van der Waals surface area contributed by atoms with Crippen molar-refractivity contribution in [2.75, 3.05) is 43.1 Å². The number of ether oxygens (including phenoxy) is 1. The fourth-order valence-electron chi connectivity index (χ4n) is 5.97. The van der Waals surface area contributed by atoms with Gasteiger partial charge in [0, 0.05) is 43.3 Å². The first-order chi connectivity index (χ1) is 20.6. The van der Waals surface area contributed by atoms with Crippen molar-refractivity contribution in [1.29, 1.82) is 0 Å². The van der Waals surface area contributed by atoms with Crippen LogP contribution < -0.4 is 10.2 Å². The fourth-order valence-corrected chi connectivity index (χ4v) is 5.97. The smallest absolute Gasteiger partial charge is 0.220 e. The van der Waals surface area contributed by atoms with E-state index in [1.54, 1.807) is 13.3 Å². The molecule has 0 unspecified atom stereocenters. The molecule has 4 heterocycles. The number of carbonyl (C=O) groups excluding carboxylic acids is 1. The van der Waals surface area contributed by atoms with Crippen molar-refractivity contribution in [1.82, 2.24) is 24.8 Å². The van der Waals surface area contributed by atoms with E-state index in [1.807, 2.05) is 17.2 Å². The number of aromatic nitrogens is 4. The average molecular weight is 560 g/mol. The number of imidazole rings is 1. The molecule has 0 aliphatic carbocycles. The van der Waals surface area contributed by atoms with Crippen LogP contribution in [0.1, 0.15) is 31.6 Å². The van der Waals surface area contributed by atoms with E-state index in [2.05, 4.69) is 90.8 Å². The van der Waals surface area contributed by atoms with Gasteiger partial charge in [-0.25, -0.2) is 15.0 Å². The summed E-state index contributed by atoms with van der Waals surface area (Å²) in [5.74, 6) is 1.72. The minimum absolute atomic E-state index is 0.0286. The van der Waals surface area contributed by atoms with Crippen LogP contribution in [0.3, 0.4) is 0 Å². The first kappa shape index (κ1) is 26.2. The number of aromatic amines is 1. The van der Waals surface area contributed by atoms with Crippen molar-refractivity contribution in [2.24, 2.45) is 0 Å². The number of rotatable bonds is 6. The molecule has 0 saturated carbocycles. The van der Waals surface area contributed by atoms with Gasteiger partial charge >= 0.3 is 0 Å². The van der Waals surface area contributed by atoms with Crippen LogP contribution in [-0.4, -0.2) is 63.6 Å². The van der Waals surface area contributed by atoms with Crippen LogP contribution in [0, 0.1) is 0 Å². The molecule has 212 valence electrons. The van der Waals surface area contributed by atoms with E-state index >= 15 is 0 Å². The summed E-state index contributed by atoms with van der Waals surface area (Å²) >= 11 is 0. The van der Waals surface area contributed by atoms with Crippen LogP contribution in [-0.2, 0) is 9.53 Å². The lowest BCUT2D eigenvalue weighted by Crippen LogP contribution is -2.36. The van der Waals surface area contributed by atoms with Gasteiger partial charge < -0.3 is 24.8 Å². The maximum Gasteiger partial charge on any atom is 0.220 e. The number of benzene rings is 3. The maximum absolute atomic E-state index is 12.0. The Labute approximate surface area is 244 Å². The van der Waals surface area contributed by atoms with Gasteiger partial charge in [0.15, 0.2) is 0 Å². The highest BCUT2D eigenvalue weighted by molar-refractivity contribution is 5.94. The highest BCUT2D eigenvalue weighted by atomic mass is 16.5. The van der Waals surface area contributed by atoms with E-state index in [9.17, 15) is 4.79 Å². The highest BCUT2D eigenvalue weighted by Crippen LogP contribution is 2.33. The second-order valence-electron chi connectivity index (χ2n) is 10.9. The Morgan fingerprint density at radius 3 is 2.45 bits per heavy atom. The molecule has 2 aromatic heterocycles. The van der Waals surface area contributed by atoms with Gasteiger partial charge in [-0.2, -0.15) is 0 Å². The molecule has 2 saturated heterocycles. The second-order valence-corrected chi connectivity index (χ2v) is 10.9. The van der Waals surface area contributed by atoms with Crippen LogP contribution in [0.2, 0.25) is 0 Å². The fraction of sp³-hybridized carbons (Fsp3) is 0.273. The van der Waals surface area contributed by atoms with Gasteiger partial charge in [-0.15, -0.1) is 0 Å². The molecule has 3 aromatic carbocycles. The molecule has 2 aliphatic rings. The normalized spacial score (nSPS) is 17.1. The predicted molar refractivity (Wildman–Crippen MR) is 165 cm³/mol. The topological polar surface area (TPSA) is 99.3 Å². The van der Waals surface area contributed by atoms with Crippen LogP contribution >= 0.6 is 0 Å². The van der Waals surface area contributed by atoms with E-state index in [4.69, 9.17) is 4.74 Å². The van der Waals surface area contributed by atoms with Gasteiger partial charge in [0.2, 0.25) is 5.91 Å². The van der Waals surface area contributed by atoms with Gasteiger partial charge in [-0.1, -0.05) is 30.3 Å². The Balaban J connectivity index is 1.10. The zero-order chi connectivity index (χ0) is 28.5. The zero-order valence-corrected chi connectivity index (χ0v) is 23.6. The van der Waals surface area contributed by atoms with Crippen LogP contribution in [0.4, 0.5) is 17.2 Å².